The molecule has 0 amide bonds. The first-order valence-corrected chi connectivity index (χ1v) is 4.31. The predicted molar refractivity (Wildman–Crippen MR) is 54.4 cm³/mol. The van der Waals surface area contributed by atoms with Crippen molar-refractivity contribution in [2.75, 3.05) is 0 Å². The summed E-state index contributed by atoms with van der Waals surface area (Å²) in [4.78, 5) is 10.7. The molecular formula is C11H8N2O2. The highest BCUT2D eigenvalue weighted by Crippen LogP contribution is 2.18. The van der Waals surface area contributed by atoms with E-state index in [-0.39, 0.29) is 5.56 Å². The van der Waals surface area contributed by atoms with Gasteiger partial charge in [0.25, 0.3) is 0 Å². The molecule has 0 spiro atoms. The minimum absolute atomic E-state index is 0.231. The van der Waals surface area contributed by atoms with Crippen LogP contribution in [0.4, 0.5) is 0 Å². The number of carboxylic acids is 1. The van der Waals surface area contributed by atoms with Crippen molar-refractivity contribution < 1.29 is 9.90 Å². The molecule has 1 aromatic heterocycles. The Balaban J connectivity index is 2.45. The van der Waals surface area contributed by atoms with E-state index in [0.29, 0.717) is 11.4 Å². The molecule has 2 N–H and O–H groups in total. The first-order valence-electron chi connectivity index (χ1n) is 4.31. The molecule has 2 rings (SSSR count). The molecule has 15 heavy (non-hydrogen) atoms. The number of aromatic carboxylic acids is 1. The van der Waals surface area contributed by atoms with Gasteiger partial charge in [0, 0.05) is 18.2 Å². The highest BCUT2D eigenvalue weighted by Gasteiger charge is 2.06. The first kappa shape index (κ1) is 9.45. The molecule has 0 unspecified atom stereocenters. The van der Waals surface area contributed by atoms with Crippen molar-refractivity contribution in [1.29, 1.82) is 0 Å². The van der Waals surface area contributed by atoms with Crippen molar-refractivity contribution in [2.24, 2.45) is 0 Å². The SMILES string of the molecule is [CH]c1cc(-c2cccc(C(=O)O)c2)n[nH]1. The summed E-state index contributed by atoms with van der Waals surface area (Å²) in [5, 5.41) is 15.3. The fraction of sp³-hybridized carbons (Fsp3) is 0. The number of hydrogen-bond acceptors (Lipinski definition) is 2. The fourth-order valence-electron chi connectivity index (χ4n) is 1.30. The summed E-state index contributed by atoms with van der Waals surface area (Å²) >= 11 is 0. The summed E-state index contributed by atoms with van der Waals surface area (Å²) in [6.07, 6.45) is 0. The van der Waals surface area contributed by atoms with Crippen LogP contribution in [0.1, 0.15) is 16.1 Å². The number of aromatic amines is 1. The Morgan fingerprint density at radius 3 is 2.80 bits per heavy atom. The topological polar surface area (TPSA) is 66.0 Å². The average molecular weight is 200 g/mol. The maximum Gasteiger partial charge on any atom is 0.335 e. The van der Waals surface area contributed by atoms with Crippen LogP contribution in [-0.4, -0.2) is 21.3 Å². The van der Waals surface area contributed by atoms with Crippen LogP contribution in [0.2, 0.25) is 0 Å². The molecule has 0 fully saturated rings. The Labute approximate surface area is 86.6 Å². The predicted octanol–water partition coefficient (Wildman–Crippen LogP) is 1.83. The van der Waals surface area contributed by atoms with Gasteiger partial charge in [-0.15, -0.1) is 0 Å². The lowest BCUT2D eigenvalue weighted by molar-refractivity contribution is 0.0697. The molecule has 74 valence electrons. The van der Waals surface area contributed by atoms with Gasteiger partial charge in [0.2, 0.25) is 0 Å². The molecule has 0 aliphatic rings. The zero-order valence-corrected chi connectivity index (χ0v) is 7.77. The summed E-state index contributed by atoms with van der Waals surface area (Å²) in [5.41, 5.74) is 2.04. The van der Waals surface area contributed by atoms with Crippen LogP contribution in [0.5, 0.6) is 0 Å². The van der Waals surface area contributed by atoms with E-state index in [1.165, 1.54) is 6.07 Å². The highest BCUT2D eigenvalue weighted by atomic mass is 16.4. The summed E-state index contributed by atoms with van der Waals surface area (Å²) in [6, 6.07) is 8.19. The number of nitrogens with zero attached hydrogens (tertiary/aromatic N) is 1. The molecule has 1 aromatic carbocycles. The van der Waals surface area contributed by atoms with E-state index in [0.717, 1.165) is 5.56 Å². The number of H-pyrrole nitrogens is 1. The minimum Gasteiger partial charge on any atom is -0.478 e. The molecule has 2 aromatic rings. The van der Waals surface area contributed by atoms with Gasteiger partial charge in [-0.1, -0.05) is 12.1 Å². The lowest BCUT2D eigenvalue weighted by atomic mass is 10.1. The van der Waals surface area contributed by atoms with E-state index in [1.54, 1.807) is 24.3 Å². The lowest BCUT2D eigenvalue weighted by Gasteiger charge is -1.97. The molecule has 2 radical (unpaired) electrons. The fourth-order valence-corrected chi connectivity index (χ4v) is 1.30. The van der Waals surface area contributed by atoms with Gasteiger partial charge in [0.1, 0.15) is 0 Å². The lowest BCUT2D eigenvalue weighted by Crippen LogP contribution is -1.95. The largest absolute Gasteiger partial charge is 0.478 e. The molecule has 1 heterocycles. The molecule has 0 saturated carbocycles. The van der Waals surface area contributed by atoms with E-state index >= 15 is 0 Å². The average Bonchev–Trinajstić information content (AvgIpc) is 2.65. The van der Waals surface area contributed by atoms with Gasteiger partial charge in [0.15, 0.2) is 0 Å². The molecule has 0 bridgehead atoms. The number of hydrogen-bond donors (Lipinski definition) is 2. The van der Waals surface area contributed by atoms with Gasteiger partial charge < -0.3 is 5.11 Å². The smallest absolute Gasteiger partial charge is 0.335 e. The monoisotopic (exact) mass is 200 g/mol. The van der Waals surface area contributed by atoms with E-state index in [1.807, 2.05) is 0 Å². The van der Waals surface area contributed by atoms with Crippen LogP contribution in [-0.2, 0) is 0 Å². The summed E-state index contributed by atoms with van der Waals surface area (Å²) in [5.74, 6) is -0.958. The summed E-state index contributed by atoms with van der Waals surface area (Å²) in [7, 11) is 0. The van der Waals surface area contributed by atoms with E-state index in [9.17, 15) is 4.79 Å². The standard InChI is InChI=1S/C11H8N2O2/c1-7-5-10(13-12-7)8-3-2-4-9(6-8)11(14)15/h1-6H,(H,12,13)(H,14,15). The Morgan fingerprint density at radius 1 is 1.40 bits per heavy atom. The van der Waals surface area contributed by atoms with Gasteiger partial charge in [-0.2, -0.15) is 5.10 Å². The minimum atomic E-state index is -0.958. The van der Waals surface area contributed by atoms with Gasteiger partial charge in [-0.3, -0.25) is 5.10 Å². The van der Waals surface area contributed by atoms with E-state index in [2.05, 4.69) is 10.2 Å². The molecular weight excluding hydrogens is 192 g/mol. The van der Waals surface area contributed by atoms with Crippen LogP contribution in [0.3, 0.4) is 0 Å². The van der Waals surface area contributed by atoms with Crippen LogP contribution in [0, 0.1) is 6.92 Å². The zero-order chi connectivity index (χ0) is 10.8. The van der Waals surface area contributed by atoms with Crippen LogP contribution < -0.4 is 0 Å². The van der Waals surface area contributed by atoms with Crippen molar-refractivity contribution in [3.05, 3.63) is 48.5 Å². The van der Waals surface area contributed by atoms with Crippen molar-refractivity contribution in [3.8, 4) is 11.3 Å². The molecule has 0 aliphatic heterocycles. The Hall–Kier alpha value is -2.10. The van der Waals surface area contributed by atoms with Gasteiger partial charge in [-0.05, 0) is 18.2 Å². The normalized spacial score (nSPS) is 10.2. The Bertz CT molecular complexity index is 503. The third kappa shape index (κ3) is 1.88. The van der Waals surface area contributed by atoms with Gasteiger partial charge in [0.05, 0.1) is 11.3 Å². The van der Waals surface area contributed by atoms with Crippen molar-refractivity contribution >= 4 is 5.97 Å². The molecule has 0 atom stereocenters. The second-order valence-corrected chi connectivity index (χ2v) is 3.09. The number of aromatic nitrogens is 2. The number of carbonyl (C=O) groups is 1. The third-order valence-electron chi connectivity index (χ3n) is 2.00. The van der Waals surface area contributed by atoms with E-state index < -0.39 is 5.97 Å². The van der Waals surface area contributed by atoms with Crippen LogP contribution in [0.25, 0.3) is 11.3 Å². The number of rotatable bonds is 2. The molecule has 4 heteroatoms. The van der Waals surface area contributed by atoms with Crippen molar-refractivity contribution in [2.45, 2.75) is 0 Å². The maximum atomic E-state index is 10.7. The zero-order valence-electron chi connectivity index (χ0n) is 7.77. The van der Waals surface area contributed by atoms with Crippen molar-refractivity contribution in [3.63, 3.8) is 0 Å². The molecule has 0 saturated heterocycles. The molecule has 0 aliphatic carbocycles. The Morgan fingerprint density at radius 2 is 2.20 bits per heavy atom. The van der Waals surface area contributed by atoms with Crippen LogP contribution in [0.15, 0.2) is 30.3 Å². The van der Waals surface area contributed by atoms with Crippen molar-refractivity contribution in [1.82, 2.24) is 10.2 Å². The first-order chi connectivity index (χ1) is 7.16. The second kappa shape index (κ2) is 3.57. The summed E-state index contributed by atoms with van der Waals surface area (Å²) in [6.45, 7) is 5.48. The van der Waals surface area contributed by atoms with E-state index in [4.69, 9.17) is 12.0 Å². The quantitative estimate of drug-likeness (QED) is 0.777. The van der Waals surface area contributed by atoms with Gasteiger partial charge >= 0.3 is 5.97 Å². The maximum absolute atomic E-state index is 10.7. The number of benzene rings is 1. The third-order valence-corrected chi connectivity index (χ3v) is 2.00. The van der Waals surface area contributed by atoms with Crippen LogP contribution >= 0.6 is 0 Å². The number of carboxylic acid groups (broad SMARTS) is 1. The summed E-state index contributed by atoms with van der Waals surface area (Å²) < 4.78 is 0. The second-order valence-electron chi connectivity index (χ2n) is 3.09. The van der Waals surface area contributed by atoms with Gasteiger partial charge in [-0.25, -0.2) is 4.79 Å². The number of nitrogens with one attached hydrogen (secondary N) is 1. The highest BCUT2D eigenvalue weighted by molar-refractivity contribution is 5.89. The molecule has 4 nitrogen and oxygen atoms in total. The Kier molecular flexibility index (Phi) is 2.25.